The molecule has 1 rings (SSSR count). The van der Waals surface area contributed by atoms with Crippen LogP contribution in [0.2, 0.25) is 0 Å². The van der Waals surface area contributed by atoms with Crippen LogP contribution < -0.4 is 4.52 Å². The molecule has 0 amide bonds. The maximum absolute atomic E-state index is 6.12. The standard InChI is InChI=1S/C22H39O3P/c1-5-9-14-20(7-3)18-23-26(25-22-16-12-11-13-17-22)24-19-21(8-4)15-10-6-2/h11-13,16-17,20-21H,5-10,14-15,18-19H2,1-4H3/t20-,21-/m1/s1. The highest BCUT2D eigenvalue weighted by atomic mass is 31.2. The zero-order valence-electron chi connectivity index (χ0n) is 17.3. The van der Waals surface area contributed by atoms with Crippen molar-refractivity contribution in [2.24, 2.45) is 11.8 Å². The van der Waals surface area contributed by atoms with Gasteiger partial charge in [0.05, 0.1) is 13.2 Å². The summed E-state index contributed by atoms with van der Waals surface area (Å²) in [4.78, 5) is 0. The average Bonchev–Trinajstić information content (AvgIpc) is 2.68. The summed E-state index contributed by atoms with van der Waals surface area (Å²) in [7, 11) is -1.34. The summed E-state index contributed by atoms with van der Waals surface area (Å²) < 4.78 is 18.3. The van der Waals surface area contributed by atoms with E-state index in [9.17, 15) is 0 Å². The summed E-state index contributed by atoms with van der Waals surface area (Å²) in [6.45, 7) is 10.4. The first kappa shape index (κ1) is 23.4. The first-order valence-electron chi connectivity index (χ1n) is 10.5. The molecule has 0 unspecified atom stereocenters. The molecule has 1 aromatic carbocycles. The second-order valence-corrected chi connectivity index (χ2v) is 8.20. The molecule has 0 aliphatic rings. The van der Waals surface area contributed by atoms with E-state index in [4.69, 9.17) is 13.6 Å². The lowest BCUT2D eigenvalue weighted by Crippen LogP contribution is -2.12. The van der Waals surface area contributed by atoms with E-state index in [0.29, 0.717) is 11.8 Å². The van der Waals surface area contributed by atoms with Gasteiger partial charge in [0.1, 0.15) is 5.75 Å². The molecule has 0 heterocycles. The average molecular weight is 383 g/mol. The third-order valence-electron chi connectivity index (χ3n) is 4.84. The fourth-order valence-electron chi connectivity index (χ4n) is 2.79. The number of hydrogen-bond acceptors (Lipinski definition) is 3. The highest BCUT2D eigenvalue weighted by Crippen LogP contribution is 2.42. The van der Waals surface area contributed by atoms with Crippen molar-refractivity contribution in [2.75, 3.05) is 13.2 Å². The van der Waals surface area contributed by atoms with E-state index in [2.05, 4.69) is 27.7 Å². The van der Waals surface area contributed by atoms with Gasteiger partial charge in [0.2, 0.25) is 0 Å². The lowest BCUT2D eigenvalue weighted by Gasteiger charge is -2.22. The largest absolute Gasteiger partial charge is 0.427 e. The van der Waals surface area contributed by atoms with Crippen LogP contribution in [0.5, 0.6) is 5.75 Å². The summed E-state index contributed by atoms with van der Waals surface area (Å²) in [6, 6.07) is 9.88. The van der Waals surface area contributed by atoms with Crippen molar-refractivity contribution in [3.05, 3.63) is 30.3 Å². The normalized spacial score (nSPS) is 13.7. The fourth-order valence-corrected chi connectivity index (χ4v) is 3.93. The van der Waals surface area contributed by atoms with Gasteiger partial charge in [0.15, 0.2) is 0 Å². The van der Waals surface area contributed by atoms with Crippen LogP contribution in [0.1, 0.15) is 79.1 Å². The summed E-state index contributed by atoms with van der Waals surface area (Å²) in [5, 5.41) is 0. The molecule has 0 fully saturated rings. The maximum atomic E-state index is 6.12. The Morgan fingerprint density at radius 2 is 1.27 bits per heavy atom. The molecule has 150 valence electrons. The Morgan fingerprint density at radius 3 is 1.69 bits per heavy atom. The molecule has 0 bridgehead atoms. The summed E-state index contributed by atoms with van der Waals surface area (Å²) in [5.74, 6) is 2.00. The van der Waals surface area contributed by atoms with E-state index >= 15 is 0 Å². The number of para-hydroxylation sites is 1. The van der Waals surface area contributed by atoms with Gasteiger partial charge in [-0.2, -0.15) is 0 Å². The van der Waals surface area contributed by atoms with E-state index in [-0.39, 0.29) is 0 Å². The topological polar surface area (TPSA) is 27.7 Å². The molecule has 0 spiro atoms. The molecule has 26 heavy (non-hydrogen) atoms. The van der Waals surface area contributed by atoms with Gasteiger partial charge in [-0.15, -0.1) is 0 Å². The zero-order valence-corrected chi connectivity index (χ0v) is 18.2. The van der Waals surface area contributed by atoms with Gasteiger partial charge in [0, 0.05) is 0 Å². The Balaban J connectivity index is 2.57. The van der Waals surface area contributed by atoms with E-state index in [1.165, 1.54) is 38.5 Å². The van der Waals surface area contributed by atoms with E-state index < -0.39 is 8.60 Å². The fraction of sp³-hybridized carbons (Fsp3) is 0.727. The molecular formula is C22H39O3P. The predicted molar refractivity (Wildman–Crippen MR) is 113 cm³/mol. The molecule has 4 heteroatoms. The minimum absolute atomic E-state index is 0.588. The molecule has 0 aromatic heterocycles. The van der Waals surface area contributed by atoms with Gasteiger partial charge >= 0.3 is 8.60 Å². The molecule has 3 nitrogen and oxygen atoms in total. The number of benzene rings is 1. The second-order valence-electron chi connectivity index (χ2n) is 7.05. The van der Waals surface area contributed by atoms with Crippen molar-refractivity contribution in [2.45, 2.75) is 79.1 Å². The first-order chi connectivity index (χ1) is 12.7. The van der Waals surface area contributed by atoms with Gasteiger partial charge in [0.25, 0.3) is 0 Å². The Kier molecular flexibility index (Phi) is 13.9. The van der Waals surface area contributed by atoms with Crippen LogP contribution >= 0.6 is 8.60 Å². The molecular weight excluding hydrogens is 343 g/mol. The SMILES string of the molecule is CCCC[C@@H](CC)COP(OC[C@H](CC)CCCC)Oc1ccccc1. The van der Waals surface area contributed by atoms with Crippen molar-refractivity contribution in [1.82, 2.24) is 0 Å². The van der Waals surface area contributed by atoms with Gasteiger partial charge in [-0.25, -0.2) is 0 Å². The summed E-state index contributed by atoms with van der Waals surface area (Å²) in [6.07, 6.45) is 9.70. The van der Waals surface area contributed by atoms with Gasteiger partial charge in [-0.1, -0.05) is 84.4 Å². The number of rotatable bonds is 16. The molecule has 0 saturated heterocycles. The molecule has 0 aliphatic heterocycles. The number of hydrogen-bond donors (Lipinski definition) is 0. The van der Waals surface area contributed by atoms with Crippen molar-refractivity contribution in [3.63, 3.8) is 0 Å². The smallest absolute Gasteiger partial charge is 0.397 e. The van der Waals surface area contributed by atoms with Crippen LogP contribution in [0.4, 0.5) is 0 Å². The Hall–Kier alpha value is -0.630. The van der Waals surface area contributed by atoms with Crippen molar-refractivity contribution < 1.29 is 13.6 Å². The van der Waals surface area contributed by atoms with E-state index in [0.717, 1.165) is 31.8 Å². The monoisotopic (exact) mass is 382 g/mol. The van der Waals surface area contributed by atoms with Crippen LogP contribution in [0, 0.1) is 11.8 Å². The third-order valence-corrected chi connectivity index (χ3v) is 5.92. The molecule has 0 N–H and O–H groups in total. The van der Waals surface area contributed by atoms with Crippen LogP contribution in [-0.2, 0) is 9.05 Å². The zero-order chi connectivity index (χ0) is 19.0. The highest BCUT2D eigenvalue weighted by Gasteiger charge is 2.19. The lowest BCUT2D eigenvalue weighted by atomic mass is 10.0. The maximum Gasteiger partial charge on any atom is 0.397 e. The van der Waals surface area contributed by atoms with E-state index in [1.807, 2.05) is 30.3 Å². The van der Waals surface area contributed by atoms with Gasteiger partial charge in [-0.3, -0.25) is 0 Å². The molecule has 2 atom stereocenters. The second kappa shape index (κ2) is 15.4. The van der Waals surface area contributed by atoms with Crippen molar-refractivity contribution >= 4 is 8.60 Å². The lowest BCUT2D eigenvalue weighted by molar-refractivity contribution is 0.152. The molecule has 1 aromatic rings. The van der Waals surface area contributed by atoms with Crippen molar-refractivity contribution in [3.8, 4) is 5.75 Å². The number of unbranched alkanes of at least 4 members (excludes halogenated alkanes) is 2. The first-order valence-corrected chi connectivity index (χ1v) is 11.6. The highest BCUT2D eigenvalue weighted by molar-refractivity contribution is 7.42. The van der Waals surface area contributed by atoms with E-state index in [1.54, 1.807) is 0 Å². The molecule has 0 saturated carbocycles. The quantitative estimate of drug-likeness (QED) is 0.273. The van der Waals surface area contributed by atoms with Gasteiger partial charge in [-0.05, 0) is 36.8 Å². The Bertz CT molecular complexity index is 407. The summed E-state index contributed by atoms with van der Waals surface area (Å²) in [5.41, 5.74) is 0. The van der Waals surface area contributed by atoms with Crippen molar-refractivity contribution in [1.29, 1.82) is 0 Å². The minimum atomic E-state index is -1.34. The van der Waals surface area contributed by atoms with Crippen LogP contribution in [0.25, 0.3) is 0 Å². The Morgan fingerprint density at radius 1 is 0.769 bits per heavy atom. The van der Waals surface area contributed by atoms with Gasteiger partial charge < -0.3 is 13.6 Å². The van der Waals surface area contributed by atoms with Crippen LogP contribution in [0.15, 0.2) is 30.3 Å². The predicted octanol–water partition coefficient (Wildman–Crippen LogP) is 7.76. The minimum Gasteiger partial charge on any atom is -0.427 e. The van der Waals surface area contributed by atoms with Crippen LogP contribution in [-0.4, -0.2) is 13.2 Å². The molecule has 0 radical (unpaired) electrons. The molecule has 0 aliphatic carbocycles. The van der Waals surface area contributed by atoms with Crippen LogP contribution in [0.3, 0.4) is 0 Å². The Labute approximate surface area is 162 Å². The summed E-state index contributed by atoms with van der Waals surface area (Å²) >= 11 is 0. The third kappa shape index (κ3) is 10.5.